The van der Waals surface area contributed by atoms with E-state index in [-0.39, 0.29) is 0 Å². The third-order valence-corrected chi connectivity index (χ3v) is 4.77. The average molecular weight is 171 g/mol. The van der Waals surface area contributed by atoms with Crippen LogP contribution in [0.15, 0.2) is 0 Å². The second kappa shape index (κ2) is 3.02. The van der Waals surface area contributed by atoms with Gasteiger partial charge in [-0.1, -0.05) is 0 Å². The van der Waals surface area contributed by atoms with Gasteiger partial charge in [0.2, 0.25) is 0 Å². The molecule has 0 bridgehead atoms. The Morgan fingerprint density at radius 3 is 1.33 bits per heavy atom. The zero-order valence-corrected chi connectivity index (χ0v) is 7.78. The van der Waals surface area contributed by atoms with Crippen LogP contribution in [-0.4, -0.2) is 37.5 Å². The molecule has 0 atom stereocenters. The van der Waals surface area contributed by atoms with Crippen molar-refractivity contribution in [2.75, 3.05) is 28.2 Å². The van der Waals surface area contributed by atoms with Gasteiger partial charge in [0.05, 0.1) is 0 Å². The first-order chi connectivity index (χ1) is 3.89. The van der Waals surface area contributed by atoms with Crippen LogP contribution in [0.25, 0.3) is 0 Å². The Balaban J connectivity index is 4.21. The van der Waals surface area contributed by atoms with Crippen LogP contribution < -0.4 is 0 Å². The van der Waals surface area contributed by atoms with E-state index in [9.17, 15) is 4.57 Å². The lowest BCUT2D eigenvalue weighted by atomic mass is 11.3. The van der Waals surface area contributed by atoms with Crippen molar-refractivity contribution < 1.29 is 4.57 Å². The second-order valence-corrected chi connectivity index (χ2v) is 6.03. The van der Waals surface area contributed by atoms with E-state index in [1.807, 2.05) is 0 Å². The minimum absolute atomic E-state index is 1.51. The number of halogens is 1. The molecular formula is C4H12ClN2OP. The molecule has 0 amide bonds. The quantitative estimate of drug-likeness (QED) is 0.587. The minimum atomic E-state index is -2.70. The predicted octanol–water partition coefficient (Wildman–Crippen LogP) is 1.46. The fourth-order valence-corrected chi connectivity index (χ4v) is 1.07. The van der Waals surface area contributed by atoms with Crippen LogP contribution in [0.1, 0.15) is 0 Å². The standard InChI is InChI=1S/C4H12ClN2OP/c1-6(2)9(5,8)7(3)4/h1-4H3. The first-order valence-electron chi connectivity index (χ1n) is 2.54. The van der Waals surface area contributed by atoms with E-state index in [1.54, 1.807) is 28.2 Å². The Morgan fingerprint density at radius 2 is 1.33 bits per heavy atom. The lowest BCUT2D eigenvalue weighted by Gasteiger charge is -2.23. The molecule has 0 aliphatic rings. The van der Waals surface area contributed by atoms with Crippen LogP contribution in [0.2, 0.25) is 0 Å². The van der Waals surface area contributed by atoms with Crippen LogP contribution in [0, 0.1) is 0 Å². The summed E-state index contributed by atoms with van der Waals surface area (Å²) in [6.45, 7) is -2.70. The molecule has 3 nitrogen and oxygen atoms in total. The van der Waals surface area contributed by atoms with E-state index in [0.29, 0.717) is 0 Å². The van der Waals surface area contributed by atoms with Gasteiger partial charge >= 0.3 is 6.80 Å². The molecule has 0 unspecified atom stereocenters. The maximum Gasteiger partial charge on any atom is 0.303 e. The van der Waals surface area contributed by atoms with Gasteiger partial charge in [0, 0.05) is 0 Å². The zero-order valence-electron chi connectivity index (χ0n) is 6.13. The molecule has 0 rings (SSSR count). The summed E-state index contributed by atoms with van der Waals surface area (Å²) in [5.74, 6) is 0. The van der Waals surface area contributed by atoms with E-state index in [1.165, 1.54) is 9.34 Å². The molecule has 0 fully saturated rings. The molecule has 9 heavy (non-hydrogen) atoms. The molecule has 0 aromatic heterocycles. The molecule has 56 valence electrons. The summed E-state index contributed by atoms with van der Waals surface area (Å²) in [5.41, 5.74) is 0. The summed E-state index contributed by atoms with van der Waals surface area (Å²) in [4.78, 5) is 0. The zero-order chi connectivity index (χ0) is 7.65. The van der Waals surface area contributed by atoms with Gasteiger partial charge in [0.15, 0.2) is 0 Å². The highest BCUT2D eigenvalue weighted by atomic mass is 35.7. The third kappa shape index (κ3) is 2.26. The van der Waals surface area contributed by atoms with Gasteiger partial charge in [-0.15, -0.1) is 0 Å². The fourth-order valence-electron chi connectivity index (χ4n) is 0.358. The summed E-state index contributed by atoms with van der Waals surface area (Å²) in [6.07, 6.45) is 0. The van der Waals surface area contributed by atoms with E-state index in [2.05, 4.69) is 0 Å². The second-order valence-electron chi connectivity index (χ2n) is 2.17. The van der Waals surface area contributed by atoms with Crippen LogP contribution in [0.5, 0.6) is 0 Å². The number of hydrogen-bond donors (Lipinski definition) is 0. The summed E-state index contributed by atoms with van der Waals surface area (Å²) in [7, 11) is 6.75. The van der Waals surface area contributed by atoms with Gasteiger partial charge in [-0.2, -0.15) is 0 Å². The highest BCUT2D eigenvalue weighted by Gasteiger charge is 2.23. The summed E-state index contributed by atoms with van der Waals surface area (Å²) in [5, 5.41) is 0. The molecule has 0 heterocycles. The van der Waals surface area contributed by atoms with Crippen molar-refractivity contribution >= 4 is 18.0 Å². The molecule has 0 aromatic rings. The monoisotopic (exact) mass is 170 g/mol. The van der Waals surface area contributed by atoms with Gasteiger partial charge in [-0.25, -0.2) is 9.34 Å². The summed E-state index contributed by atoms with van der Waals surface area (Å²) >= 11 is 5.61. The molecule has 5 heteroatoms. The number of nitrogens with zero attached hydrogens (tertiary/aromatic N) is 2. The van der Waals surface area contributed by atoms with Crippen molar-refractivity contribution in [1.29, 1.82) is 0 Å². The molecule has 0 N–H and O–H groups in total. The lowest BCUT2D eigenvalue weighted by Crippen LogP contribution is -2.16. The molecule has 0 aliphatic heterocycles. The Morgan fingerprint density at radius 1 is 1.11 bits per heavy atom. The number of hydrogen-bond acceptors (Lipinski definition) is 1. The highest BCUT2D eigenvalue weighted by Crippen LogP contribution is 2.54. The van der Waals surface area contributed by atoms with Gasteiger partial charge in [-0.05, 0) is 39.4 Å². The van der Waals surface area contributed by atoms with Crippen molar-refractivity contribution in [3.63, 3.8) is 0 Å². The Bertz CT molecular complexity index is 125. The van der Waals surface area contributed by atoms with Crippen molar-refractivity contribution in [2.45, 2.75) is 0 Å². The maximum atomic E-state index is 11.2. The van der Waals surface area contributed by atoms with Crippen LogP contribution in [-0.2, 0) is 4.57 Å². The Labute approximate surface area is 60.9 Å². The van der Waals surface area contributed by atoms with Crippen LogP contribution >= 0.6 is 18.0 Å². The largest absolute Gasteiger partial charge is 0.303 e. The average Bonchev–Trinajstić information content (AvgIpc) is 1.65. The van der Waals surface area contributed by atoms with E-state index >= 15 is 0 Å². The Hall–Kier alpha value is 0.440. The van der Waals surface area contributed by atoms with Gasteiger partial charge in [0.1, 0.15) is 0 Å². The van der Waals surface area contributed by atoms with Gasteiger partial charge in [-0.3, -0.25) is 4.57 Å². The summed E-state index contributed by atoms with van der Waals surface area (Å²) < 4.78 is 14.2. The van der Waals surface area contributed by atoms with Gasteiger partial charge in [0.25, 0.3) is 0 Å². The molecule has 0 aromatic carbocycles. The summed E-state index contributed by atoms with van der Waals surface area (Å²) in [6, 6.07) is 0. The van der Waals surface area contributed by atoms with Crippen molar-refractivity contribution in [1.82, 2.24) is 9.34 Å². The highest BCUT2D eigenvalue weighted by molar-refractivity contribution is 7.85. The van der Waals surface area contributed by atoms with Crippen molar-refractivity contribution in [3.8, 4) is 0 Å². The lowest BCUT2D eigenvalue weighted by molar-refractivity contribution is 0.466. The van der Waals surface area contributed by atoms with Crippen molar-refractivity contribution in [3.05, 3.63) is 0 Å². The maximum absolute atomic E-state index is 11.2. The number of rotatable bonds is 2. The topological polar surface area (TPSA) is 23.6 Å². The van der Waals surface area contributed by atoms with Crippen LogP contribution in [0.4, 0.5) is 0 Å². The Kier molecular flexibility index (Phi) is 3.17. The molecule has 0 saturated carbocycles. The minimum Gasteiger partial charge on any atom is -0.271 e. The molecular weight excluding hydrogens is 158 g/mol. The molecule has 0 radical (unpaired) electrons. The molecule has 0 saturated heterocycles. The van der Waals surface area contributed by atoms with Crippen LogP contribution in [0.3, 0.4) is 0 Å². The third-order valence-electron chi connectivity index (χ3n) is 0.987. The molecule has 0 spiro atoms. The first-order valence-corrected chi connectivity index (χ1v) is 5.06. The predicted molar refractivity (Wildman–Crippen MR) is 40.8 cm³/mol. The molecule has 0 aliphatic carbocycles. The van der Waals surface area contributed by atoms with Crippen molar-refractivity contribution in [2.24, 2.45) is 0 Å². The van der Waals surface area contributed by atoms with E-state index in [0.717, 1.165) is 0 Å². The smallest absolute Gasteiger partial charge is 0.271 e. The van der Waals surface area contributed by atoms with Gasteiger partial charge < -0.3 is 0 Å². The van der Waals surface area contributed by atoms with E-state index in [4.69, 9.17) is 11.2 Å². The fraction of sp³-hybridized carbons (Fsp3) is 1.00. The SMILES string of the molecule is CN(C)P(=O)(Cl)N(C)C. The normalized spacial score (nSPS) is 13.2. The first kappa shape index (κ1) is 9.44. The van der Waals surface area contributed by atoms with E-state index < -0.39 is 6.80 Å².